The van der Waals surface area contributed by atoms with Crippen molar-refractivity contribution in [2.75, 3.05) is 12.4 Å². The zero-order valence-electron chi connectivity index (χ0n) is 13.7. The van der Waals surface area contributed by atoms with E-state index in [-0.39, 0.29) is 10.8 Å². The number of hydrogen-bond acceptors (Lipinski definition) is 5. The molecule has 0 saturated heterocycles. The van der Waals surface area contributed by atoms with Crippen LogP contribution in [-0.4, -0.2) is 27.3 Å². The second-order valence-corrected chi connectivity index (χ2v) is 6.88. The van der Waals surface area contributed by atoms with E-state index in [0.29, 0.717) is 11.3 Å². The number of anilines is 1. The fourth-order valence-electron chi connectivity index (χ4n) is 2.19. The minimum Gasteiger partial charge on any atom is -0.367 e. The van der Waals surface area contributed by atoms with Crippen LogP contribution >= 0.6 is 0 Å². The molecule has 0 fully saturated rings. The van der Waals surface area contributed by atoms with Gasteiger partial charge in [-0.1, -0.05) is 30.3 Å². The SMILES string of the molecule is COC(C(=O)NS(=O)(=O)c1ccc(NC(C)=O)cc1)c1ccccc1. The average molecular weight is 362 g/mol. The zero-order chi connectivity index (χ0) is 18.4. The highest BCUT2D eigenvalue weighted by atomic mass is 32.2. The van der Waals surface area contributed by atoms with Crippen LogP contribution in [0, 0.1) is 0 Å². The third-order valence-electron chi connectivity index (χ3n) is 3.30. The summed E-state index contributed by atoms with van der Waals surface area (Å²) in [6, 6.07) is 14.0. The summed E-state index contributed by atoms with van der Waals surface area (Å²) in [5, 5.41) is 2.53. The first-order valence-corrected chi connectivity index (χ1v) is 8.84. The Morgan fingerprint density at radius 2 is 1.60 bits per heavy atom. The van der Waals surface area contributed by atoms with Gasteiger partial charge in [0.2, 0.25) is 5.91 Å². The smallest absolute Gasteiger partial charge is 0.267 e. The largest absolute Gasteiger partial charge is 0.367 e. The van der Waals surface area contributed by atoms with Crippen LogP contribution in [0.2, 0.25) is 0 Å². The predicted molar refractivity (Wildman–Crippen MR) is 92.3 cm³/mol. The van der Waals surface area contributed by atoms with Gasteiger partial charge in [-0.15, -0.1) is 0 Å². The first-order valence-electron chi connectivity index (χ1n) is 7.35. The molecule has 0 bridgehead atoms. The highest BCUT2D eigenvalue weighted by Crippen LogP contribution is 2.19. The van der Waals surface area contributed by atoms with Crippen molar-refractivity contribution in [2.24, 2.45) is 0 Å². The third-order valence-corrected chi connectivity index (χ3v) is 4.66. The Morgan fingerprint density at radius 1 is 1.00 bits per heavy atom. The number of benzene rings is 2. The Balaban J connectivity index is 2.17. The van der Waals surface area contributed by atoms with E-state index in [1.807, 2.05) is 4.72 Å². The van der Waals surface area contributed by atoms with Crippen molar-refractivity contribution < 1.29 is 22.7 Å². The fourth-order valence-corrected chi connectivity index (χ4v) is 3.17. The molecule has 0 aromatic heterocycles. The molecular weight excluding hydrogens is 344 g/mol. The van der Waals surface area contributed by atoms with Gasteiger partial charge in [0.15, 0.2) is 6.10 Å². The van der Waals surface area contributed by atoms with Crippen molar-refractivity contribution in [2.45, 2.75) is 17.9 Å². The van der Waals surface area contributed by atoms with E-state index in [2.05, 4.69) is 5.32 Å². The van der Waals surface area contributed by atoms with Gasteiger partial charge >= 0.3 is 0 Å². The topological polar surface area (TPSA) is 102 Å². The van der Waals surface area contributed by atoms with E-state index in [1.54, 1.807) is 30.3 Å². The minimum atomic E-state index is -4.06. The molecule has 0 aliphatic heterocycles. The lowest BCUT2D eigenvalue weighted by atomic mass is 10.1. The zero-order valence-corrected chi connectivity index (χ0v) is 14.5. The summed E-state index contributed by atoms with van der Waals surface area (Å²) in [6.07, 6.45) is -1.05. The van der Waals surface area contributed by atoms with E-state index in [9.17, 15) is 18.0 Å². The summed E-state index contributed by atoms with van der Waals surface area (Å²) >= 11 is 0. The van der Waals surface area contributed by atoms with Gasteiger partial charge in [0, 0.05) is 19.7 Å². The lowest BCUT2D eigenvalue weighted by Gasteiger charge is -2.16. The van der Waals surface area contributed by atoms with Crippen LogP contribution in [0.3, 0.4) is 0 Å². The van der Waals surface area contributed by atoms with Crippen molar-refractivity contribution >= 4 is 27.5 Å². The van der Waals surface area contributed by atoms with Crippen LogP contribution in [0.4, 0.5) is 5.69 Å². The molecule has 0 aliphatic rings. The highest BCUT2D eigenvalue weighted by Gasteiger charge is 2.25. The number of carbonyl (C=O) groups excluding carboxylic acids is 2. The second kappa shape index (κ2) is 7.91. The lowest BCUT2D eigenvalue weighted by Crippen LogP contribution is -2.35. The number of amides is 2. The van der Waals surface area contributed by atoms with E-state index in [0.717, 1.165) is 0 Å². The fraction of sp³-hybridized carbons (Fsp3) is 0.176. The van der Waals surface area contributed by atoms with Crippen LogP contribution in [0.15, 0.2) is 59.5 Å². The van der Waals surface area contributed by atoms with Crippen LogP contribution in [0.5, 0.6) is 0 Å². The average Bonchev–Trinajstić information content (AvgIpc) is 2.56. The maximum Gasteiger partial charge on any atom is 0.267 e. The molecule has 2 amide bonds. The Kier molecular flexibility index (Phi) is 5.89. The number of methoxy groups -OCH3 is 1. The summed E-state index contributed by atoms with van der Waals surface area (Å²) in [5.41, 5.74) is 0.996. The maximum atomic E-state index is 12.4. The van der Waals surface area contributed by atoms with Gasteiger partial charge in [-0.3, -0.25) is 9.59 Å². The van der Waals surface area contributed by atoms with Crippen LogP contribution < -0.4 is 10.0 Å². The van der Waals surface area contributed by atoms with Crippen molar-refractivity contribution in [1.82, 2.24) is 4.72 Å². The highest BCUT2D eigenvalue weighted by molar-refractivity contribution is 7.90. The summed E-state index contributed by atoms with van der Waals surface area (Å²) in [5.74, 6) is -1.06. The first-order chi connectivity index (χ1) is 11.8. The normalized spacial score (nSPS) is 12.2. The Hall–Kier alpha value is -2.71. The Bertz CT molecular complexity index is 848. The Morgan fingerprint density at radius 3 is 2.12 bits per heavy atom. The van der Waals surface area contributed by atoms with Crippen LogP contribution in [0.1, 0.15) is 18.6 Å². The van der Waals surface area contributed by atoms with E-state index in [1.165, 1.54) is 38.3 Å². The van der Waals surface area contributed by atoms with Crippen LogP contribution in [-0.2, 0) is 24.3 Å². The monoisotopic (exact) mass is 362 g/mol. The lowest BCUT2D eigenvalue weighted by molar-refractivity contribution is -0.129. The summed E-state index contributed by atoms with van der Waals surface area (Å²) < 4.78 is 31.8. The standard InChI is InChI=1S/C17H18N2O5S/c1-12(20)18-14-8-10-15(11-9-14)25(22,23)19-17(21)16(24-2)13-6-4-3-5-7-13/h3-11,16H,1-2H3,(H,18,20)(H,19,21). The predicted octanol–water partition coefficient (Wildman–Crippen LogP) is 1.84. The molecule has 8 heteroatoms. The van der Waals surface area contributed by atoms with Gasteiger partial charge in [-0.25, -0.2) is 13.1 Å². The van der Waals surface area contributed by atoms with E-state index < -0.39 is 22.0 Å². The van der Waals surface area contributed by atoms with Gasteiger partial charge < -0.3 is 10.1 Å². The summed E-state index contributed by atoms with van der Waals surface area (Å²) in [7, 11) is -2.73. The molecule has 0 heterocycles. The Labute approximate surface area is 146 Å². The molecule has 2 N–H and O–H groups in total. The molecule has 2 aromatic carbocycles. The van der Waals surface area contributed by atoms with Gasteiger partial charge in [-0.05, 0) is 29.8 Å². The number of sulfonamides is 1. The van der Waals surface area contributed by atoms with Crippen molar-refractivity contribution in [3.63, 3.8) is 0 Å². The summed E-state index contributed by atoms with van der Waals surface area (Å²) in [6.45, 7) is 1.35. The molecule has 7 nitrogen and oxygen atoms in total. The molecule has 1 unspecified atom stereocenters. The number of carbonyl (C=O) groups is 2. The number of nitrogens with one attached hydrogen (secondary N) is 2. The first kappa shape index (κ1) is 18.6. The van der Waals surface area contributed by atoms with E-state index >= 15 is 0 Å². The molecular formula is C17H18N2O5S. The maximum absolute atomic E-state index is 12.4. The molecule has 0 spiro atoms. The molecule has 0 radical (unpaired) electrons. The molecule has 2 aromatic rings. The molecule has 0 aliphatic carbocycles. The molecule has 1 atom stereocenters. The molecule has 0 saturated carbocycles. The number of hydrogen-bond donors (Lipinski definition) is 2. The van der Waals surface area contributed by atoms with Gasteiger partial charge in [-0.2, -0.15) is 0 Å². The molecule has 132 valence electrons. The van der Waals surface area contributed by atoms with Crippen molar-refractivity contribution in [3.8, 4) is 0 Å². The van der Waals surface area contributed by atoms with Gasteiger partial charge in [0.05, 0.1) is 4.90 Å². The second-order valence-electron chi connectivity index (χ2n) is 5.20. The molecule has 25 heavy (non-hydrogen) atoms. The minimum absolute atomic E-state index is 0.0992. The van der Waals surface area contributed by atoms with Gasteiger partial charge in [0.25, 0.3) is 15.9 Å². The summed E-state index contributed by atoms with van der Waals surface area (Å²) in [4.78, 5) is 23.2. The third kappa shape index (κ3) is 4.88. The quantitative estimate of drug-likeness (QED) is 0.816. The van der Waals surface area contributed by atoms with Crippen molar-refractivity contribution in [3.05, 3.63) is 60.2 Å². The number of rotatable bonds is 6. The van der Waals surface area contributed by atoms with E-state index in [4.69, 9.17) is 4.74 Å². The molecule has 2 rings (SSSR count). The van der Waals surface area contributed by atoms with Crippen LogP contribution in [0.25, 0.3) is 0 Å². The van der Waals surface area contributed by atoms with Gasteiger partial charge in [0.1, 0.15) is 0 Å². The van der Waals surface area contributed by atoms with Crippen molar-refractivity contribution in [1.29, 1.82) is 0 Å². The number of ether oxygens (including phenoxy) is 1.